The Bertz CT molecular complexity index is 413. The van der Waals surface area contributed by atoms with E-state index in [4.69, 9.17) is 5.73 Å². The van der Waals surface area contributed by atoms with E-state index in [1.54, 1.807) is 18.2 Å². The van der Waals surface area contributed by atoms with Crippen LogP contribution >= 0.6 is 0 Å². The summed E-state index contributed by atoms with van der Waals surface area (Å²) in [6.07, 6.45) is 0.909. The highest BCUT2D eigenvalue weighted by molar-refractivity contribution is 5.73. The molecule has 1 aromatic carbocycles. The van der Waals surface area contributed by atoms with Gasteiger partial charge in [-0.15, -0.1) is 0 Å². The van der Waals surface area contributed by atoms with Crippen molar-refractivity contribution < 1.29 is 18.3 Å². The van der Waals surface area contributed by atoms with Crippen molar-refractivity contribution in [3.8, 4) is 5.75 Å². The molecule has 1 atom stereocenters. The van der Waals surface area contributed by atoms with Gasteiger partial charge in [-0.2, -0.15) is 8.78 Å². The average molecular weight is 272 g/mol. The summed E-state index contributed by atoms with van der Waals surface area (Å²) in [6, 6.07) is 6.48. The van der Waals surface area contributed by atoms with E-state index in [1.807, 2.05) is 6.92 Å². The standard InChI is InChI=1S/C13H18F2N2O2/c1-9(17-8-4-7-12(16)18)10-5-2-3-6-11(10)19-13(14)15/h2-3,5-6,9,13,17H,4,7-8H2,1H3,(H2,16,18). The normalized spacial score (nSPS) is 12.4. The minimum Gasteiger partial charge on any atom is -0.434 e. The maximum atomic E-state index is 12.3. The van der Waals surface area contributed by atoms with Crippen molar-refractivity contribution in [3.05, 3.63) is 29.8 Å². The number of hydrogen-bond donors (Lipinski definition) is 2. The summed E-state index contributed by atoms with van der Waals surface area (Å²) in [5.41, 5.74) is 5.68. The average Bonchev–Trinajstić information content (AvgIpc) is 2.34. The second-order valence-electron chi connectivity index (χ2n) is 4.16. The van der Waals surface area contributed by atoms with E-state index >= 15 is 0 Å². The van der Waals surface area contributed by atoms with Crippen LogP contribution < -0.4 is 15.8 Å². The predicted octanol–water partition coefficient (Wildman–Crippen LogP) is 2.20. The van der Waals surface area contributed by atoms with Crippen LogP contribution in [0, 0.1) is 0 Å². The van der Waals surface area contributed by atoms with Crippen LogP contribution in [0.1, 0.15) is 31.4 Å². The van der Waals surface area contributed by atoms with Crippen molar-refractivity contribution in [2.45, 2.75) is 32.4 Å². The largest absolute Gasteiger partial charge is 0.434 e. The molecule has 0 radical (unpaired) electrons. The number of hydrogen-bond acceptors (Lipinski definition) is 3. The number of primary amides is 1. The summed E-state index contributed by atoms with van der Waals surface area (Å²) in [6.45, 7) is -0.423. The lowest BCUT2D eigenvalue weighted by molar-refractivity contribution is -0.118. The molecule has 3 N–H and O–H groups in total. The van der Waals surface area contributed by atoms with Crippen molar-refractivity contribution in [2.75, 3.05) is 6.54 Å². The van der Waals surface area contributed by atoms with E-state index in [9.17, 15) is 13.6 Å². The monoisotopic (exact) mass is 272 g/mol. The highest BCUT2D eigenvalue weighted by Crippen LogP contribution is 2.26. The molecule has 0 aromatic heterocycles. The molecule has 6 heteroatoms. The van der Waals surface area contributed by atoms with Gasteiger partial charge in [-0.25, -0.2) is 0 Å². The van der Waals surface area contributed by atoms with E-state index in [1.165, 1.54) is 6.07 Å². The topological polar surface area (TPSA) is 64.3 Å². The van der Waals surface area contributed by atoms with Gasteiger partial charge in [0.15, 0.2) is 0 Å². The van der Waals surface area contributed by atoms with Gasteiger partial charge in [0.25, 0.3) is 0 Å². The highest BCUT2D eigenvalue weighted by atomic mass is 19.3. The fourth-order valence-electron chi connectivity index (χ4n) is 1.73. The first-order valence-corrected chi connectivity index (χ1v) is 6.06. The van der Waals surface area contributed by atoms with Crippen LogP contribution in [0.15, 0.2) is 24.3 Å². The number of carbonyl (C=O) groups is 1. The molecule has 4 nitrogen and oxygen atoms in total. The molecule has 0 saturated heterocycles. The zero-order valence-electron chi connectivity index (χ0n) is 10.7. The number of halogens is 2. The zero-order chi connectivity index (χ0) is 14.3. The lowest BCUT2D eigenvalue weighted by Crippen LogP contribution is -2.22. The number of nitrogens with two attached hydrogens (primary N) is 1. The molecule has 19 heavy (non-hydrogen) atoms. The van der Waals surface area contributed by atoms with E-state index < -0.39 is 6.61 Å². The smallest absolute Gasteiger partial charge is 0.387 e. The molecule has 0 heterocycles. The molecule has 0 aliphatic carbocycles. The van der Waals surface area contributed by atoms with Crippen LogP contribution in [-0.4, -0.2) is 19.1 Å². The van der Waals surface area contributed by atoms with Gasteiger partial charge in [0, 0.05) is 18.0 Å². The third-order valence-electron chi connectivity index (χ3n) is 2.65. The van der Waals surface area contributed by atoms with Crippen LogP contribution in [0.2, 0.25) is 0 Å². The molecule has 0 spiro atoms. The third-order valence-corrected chi connectivity index (χ3v) is 2.65. The number of alkyl halides is 2. The number of amides is 1. The lowest BCUT2D eigenvalue weighted by atomic mass is 10.1. The van der Waals surface area contributed by atoms with E-state index in [0.29, 0.717) is 24.9 Å². The maximum Gasteiger partial charge on any atom is 0.387 e. The molecule has 1 amide bonds. The van der Waals surface area contributed by atoms with Gasteiger partial charge in [-0.1, -0.05) is 18.2 Å². The maximum absolute atomic E-state index is 12.3. The Balaban J connectivity index is 2.55. The number of para-hydroxylation sites is 1. The van der Waals surface area contributed by atoms with E-state index in [2.05, 4.69) is 10.1 Å². The van der Waals surface area contributed by atoms with Gasteiger partial charge < -0.3 is 15.8 Å². The minimum absolute atomic E-state index is 0.150. The summed E-state index contributed by atoms with van der Waals surface area (Å²) in [7, 11) is 0. The Labute approximate surface area is 110 Å². The van der Waals surface area contributed by atoms with Gasteiger partial charge in [-0.3, -0.25) is 4.79 Å². The highest BCUT2D eigenvalue weighted by Gasteiger charge is 2.13. The van der Waals surface area contributed by atoms with Crippen molar-refractivity contribution in [1.82, 2.24) is 5.32 Å². The molecule has 106 valence electrons. The fraction of sp³-hybridized carbons (Fsp3) is 0.462. The molecule has 1 unspecified atom stereocenters. The van der Waals surface area contributed by atoms with Crippen molar-refractivity contribution >= 4 is 5.91 Å². The number of nitrogens with one attached hydrogen (secondary N) is 1. The van der Waals surface area contributed by atoms with Crippen LogP contribution in [0.3, 0.4) is 0 Å². The predicted molar refractivity (Wildman–Crippen MR) is 67.9 cm³/mol. The Kier molecular flexibility index (Phi) is 6.21. The SMILES string of the molecule is CC(NCCCC(N)=O)c1ccccc1OC(F)F. The van der Waals surface area contributed by atoms with Crippen molar-refractivity contribution in [3.63, 3.8) is 0 Å². The van der Waals surface area contributed by atoms with Gasteiger partial charge in [-0.05, 0) is 26.0 Å². The summed E-state index contributed by atoms with van der Waals surface area (Å²) in [4.78, 5) is 10.6. The fourth-order valence-corrected chi connectivity index (χ4v) is 1.73. The first-order valence-electron chi connectivity index (χ1n) is 6.06. The molecule has 1 rings (SSSR count). The van der Waals surface area contributed by atoms with Crippen molar-refractivity contribution in [1.29, 1.82) is 0 Å². The van der Waals surface area contributed by atoms with Gasteiger partial charge in [0.05, 0.1) is 0 Å². The quantitative estimate of drug-likeness (QED) is 0.713. The second-order valence-corrected chi connectivity index (χ2v) is 4.16. The summed E-state index contributed by atoms with van der Waals surface area (Å²) in [5, 5.41) is 3.14. The van der Waals surface area contributed by atoms with Crippen LogP contribution in [0.5, 0.6) is 5.75 Å². The lowest BCUT2D eigenvalue weighted by Gasteiger charge is -2.17. The first kappa shape index (κ1) is 15.4. The Morgan fingerprint density at radius 3 is 2.74 bits per heavy atom. The van der Waals surface area contributed by atoms with E-state index in [0.717, 1.165) is 0 Å². The molecule has 0 fully saturated rings. The molecule has 0 aliphatic heterocycles. The number of carbonyl (C=O) groups excluding carboxylic acids is 1. The van der Waals surface area contributed by atoms with Gasteiger partial charge in [0.2, 0.25) is 5.91 Å². The van der Waals surface area contributed by atoms with Crippen molar-refractivity contribution in [2.24, 2.45) is 5.73 Å². The third kappa shape index (κ3) is 5.65. The van der Waals surface area contributed by atoms with E-state index in [-0.39, 0.29) is 17.7 Å². The Hall–Kier alpha value is -1.69. The summed E-state index contributed by atoms with van der Waals surface area (Å²) >= 11 is 0. The Morgan fingerprint density at radius 1 is 1.42 bits per heavy atom. The second kappa shape index (κ2) is 7.68. The minimum atomic E-state index is -2.84. The number of ether oxygens (including phenoxy) is 1. The van der Waals surface area contributed by atoms with Gasteiger partial charge >= 0.3 is 6.61 Å². The molecule has 0 aliphatic rings. The van der Waals surface area contributed by atoms with Gasteiger partial charge in [0.1, 0.15) is 5.75 Å². The number of benzene rings is 1. The first-order chi connectivity index (χ1) is 9.00. The summed E-state index contributed by atoms with van der Waals surface area (Å²) in [5.74, 6) is -0.191. The van der Waals surface area contributed by atoms with Crippen LogP contribution in [0.4, 0.5) is 8.78 Å². The molecule has 0 bridgehead atoms. The van der Waals surface area contributed by atoms with Crippen LogP contribution in [-0.2, 0) is 4.79 Å². The number of rotatable bonds is 8. The molecule has 1 aromatic rings. The molecular weight excluding hydrogens is 254 g/mol. The Morgan fingerprint density at radius 2 is 2.11 bits per heavy atom. The molecular formula is C13H18F2N2O2. The van der Waals surface area contributed by atoms with Crippen LogP contribution in [0.25, 0.3) is 0 Å². The summed E-state index contributed by atoms with van der Waals surface area (Å²) < 4.78 is 29.0. The molecule has 0 saturated carbocycles. The zero-order valence-corrected chi connectivity index (χ0v) is 10.7.